The van der Waals surface area contributed by atoms with Crippen molar-refractivity contribution in [3.05, 3.63) is 22.3 Å². The summed E-state index contributed by atoms with van der Waals surface area (Å²) in [5, 5.41) is 0. The Morgan fingerprint density at radius 2 is 2.12 bits per heavy atom. The van der Waals surface area contributed by atoms with Gasteiger partial charge in [-0.25, -0.2) is 4.98 Å². The van der Waals surface area contributed by atoms with Crippen LogP contribution in [-0.4, -0.2) is 17.6 Å². The number of aryl methyl sites for hydroxylation is 1. The van der Waals surface area contributed by atoms with Gasteiger partial charge in [0.25, 0.3) is 0 Å². The van der Waals surface area contributed by atoms with E-state index in [9.17, 15) is 0 Å². The quantitative estimate of drug-likeness (QED) is 0.779. The topological polar surface area (TPSA) is 16.1 Å². The van der Waals surface area contributed by atoms with Crippen molar-refractivity contribution in [2.75, 3.05) is 11.4 Å². The van der Waals surface area contributed by atoms with Gasteiger partial charge in [-0.1, -0.05) is 6.92 Å². The summed E-state index contributed by atoms with van der Waals surface area (Å²) in [6.45, 7) is 7.90. The molecule has 1 aromatic heterocycles. The maximum Gasteiger partial charge on any atom is 0.131 e. The van der Waals surface area contributed by atoms with E-state index in [1.807, 2.05) is 6.20 Å². The van der Waals surface area contributed by atoms with E-state index in [0.29, 0.717) is 6.04 Å². The first-order valence-electron chi connectivity index (χ1n) is 5.96. The Morgan fingerprint density at radius 3 is 2.81 bits per heavy atom. The molecule has 0 aromatic carbocycles. The number of hydrogen-bond acceptors (Lipinski definition) is 2. The van der Waals surface area contributed by atoms with Gasteiger partial charge in [-0.05, 0) is 60.2 Å². The van der Waals surface area contributed by atoms with E-state index in [-0.39, 0.29) is 0 Å². The number of halogens is 1. The molecule has 88 valence electrons. The first-order chi connectivity index (χ1) is 7.58. The van der Waals surface area contributed by atoms with Crippen LogP contribution < -0.4 is 4.90 Å². The average Bonchev–Trinajstić information content (AvgIpc) is 2.22. The van der Waals surface area contributed by atoms with Gasteiger partial charge in [-0.2, -0.15) is 0 Å². The first kappa shape index (κ1) is 11.9. The lowest BCUT2D eigenvalue weighted by molar-refractivity contribution is 0.387. The molecule has 0 spiro atoms. The van der Waals surface area contributed by atoms with Crippen LogP contribution in [0, 0.1) is 12.8 Å². The maximum atomic E-state index is 4.57. The van der Waals surface area contributed by atoms with Crippen LogP contribution in [0.3, 0.4) is 0 Å². The number of piperidine rings is 1. The van der Waals surface area contributed by atoms with Crippen LogP contribution in [0.25, 0.3) is 0 Å². The Bertz CT molecular complexity index is 378. The highest BCUT2D eigenvalue weighted by atomic mass is 79.9. The fourth-order valence-electron chi connectivity index (χ4n) is 2.42. The SMILES string of the molecule is Cc1cc(Br)cnc1N1CC(C)CCC1C. The third-order valence-electron chi connectivity index (χ3n) is 3.41. The summed E-state index contributed by atoms with van der Waals surface area (Å²) in [6.07, 6.45) is 4.51. The van der Waals surface area contributed by atoms with Crippen molar-refractivity contribution in [3.8, 4) is 0 Å². The highest BCUT2D eigenvalue weighted by Crippen LogP contribution is 2.29. The molecule has 0 saturated carbocycles. The van der Waals surface area contributed by atoms with Gasteiger partial charge < -0.3 is 4.90 Å². The summed E-state index contributed by atoms with van der Waals surface area (Å²) in [4.78, 5) is 7.02. The molecular weight excluding hydrogens is 264 g/mol. The Morgan fingerprint density at radius 1 is 1.38 bits per heavy atom. The highest BCUT2D eigenvalue weighted by Gasteiger charge is 2.24. The number of nitrogens with zero attached hydrogens (tertiary/aromatic N) is 2. The van der Waals surface area contributed by atoms with Crippen LogP contribution >= 0.6 is 15.9 Å². The molecule has 1 aliphatic rings. The molecule has 1 aromatic rings. The van der Waals surface area contributed by atoms with Crippen molar-refractivity contribution in [2.24, 2.45) is 5.92 Å². The highest BCUT2D eigenvalue weighted by molar-refractivity contribution is 9.10. The molecule has 1 saturated heterocycles. The molecule has 0 bridgehead atoms. The van der Waals surface area contributed by atoms with E-state index < -0.39 is 0 Å². The molecule has 0 radical (unpaired) electrons. The van der Waals surface area contributed by atoms with E-state index in [2.05, 4.69) is 52.7 Å². The Hall–Kier alpha value is -0.570. The second kappa shape index (κ2) is 4.74. The number of aromatic nitrogens is 1. The predicted molar refractivity (Wildman–Crippen MR) is 71.9 cm³/mol. The van der Waals surface area contributed by atoms with Crippen LogP contribution in [0.4, 0.5) is 5.82 Å². The van der Waals surface area contributed by atoms with Gasteiger partial charge in [0, 0.05) is 23.3 Å². The monoisotopic (exact) mass is 282 g/mol. The van der Waals surface area contributed by atoms with Gasteiger partial charge in [-0.3, -0.25) is 0 Å². The van der Waals surface area contributed by atoms with Gasteiger partial charge in [-0.15, -0.1) is 0 Å². The third-order valence-corrected chi connectivity index (χ3v) is 3.84. The second-order valence-corrected chi connectivity index (χ2v) is 5.89. The lowest BCUT2D eigenvalue weighted by Crippen LogP contribution is -2.41. The summed E-state index contributed by atoms with van der Waals surface area (Å²) < 4.78 is 1.06. The molecule has 1 aliphatic heterocycles. The molecule has 0 amide bonds. The van der Waals surface area contributed by atoms with Crippen molar-refractivity contribution in [1.29, 1.82) is 0 Å². The van der Waals surface area contributed by atoms with Crippen molar-refractivity contribution < 1.29 is 0 Å². The van der Waals surface area contributed by atoms with Gasteiger partial charge >= 0.3 is 0 Å². The predicted octanol–water partition coefficient (Wildman–Crippen LogP) is 3.78. The van der Waals surface area contributed by atoms with Crippen molar-refractivity contribution in [1.82, 2.24) is 4.98 Å². The van der Waals surface area contributed by atoms with E-state index in [4.69, 9.17) is 0 Å². The number of rotatable bonds is 1. The third kappa shape index (κ3) is 2.40. The molecule has 2 unspecified atom stereocenters. The fraction of sp³-hybridized carbons (Fsp3) is 0.615. The zero-order chi connectivity index (χ0) is 11.7. The van der Waals surface area contributed by atoms with Gasteiger partial charge in [0.1, 0.15) is 5.82 Å². The second-order valence-electron chi connectivity index (χ2n) is 4.98. The van der Waals surface area contributed by atoms with Gasteiger partial charge in [0.05, 0.1) is 0 Å². The molecule has 0 N–H and O–H groups in total. The molecule has 2 rings (SSSR count). The van der Waals surface area contributed by atoms with E-state index in [0.717, 1.165) is 22.8 Å². The standard InChI is InChI=1S/C13H19BrN2/c1-9-4-5-11(3)16(8-9)13-10(2)6-12(14)7-15-13/h6-7,9,11H,4-5,8H2,1-3H3. The van der Waals surface area contributed by atoms with Crippen LogP contribution in [0.15, 0.2) is 16.7 Å². The molecule has 2 heterocycles. The minimum atomic E-state index is 0.614. The molecule has 16 heavy (non-hydrogen) atoms. The van der Waals surface area contributed by atoms with Crippen molar-refractivity contribution >= 4 is 21.7 Å². The molecular formula is C13H19BrN2. The zero-order valence-electron chi connectivity index (χ0n) is 10.2. The van der Waals surface area contributed by atoms with Crippen LogP contribution in [0.5, 0.6) is 0 Å². The molecule has 1 fully saturated rings. The number of anilines is 1. The Balaban J connectivity index is 2.28. The lowest BCUT2D eigenvalue weighted by Gasteiger charge is -2.38. The van der Waals surface area contributed by atoms with Crippen LogP contribution in [0.1, 0.15) is 32.3 Å². The minimum Gasteiger partial charge on any atom is -0.353 e. The summed E-state index contributed by atoms with van der Waals surface area (Å²) in [7, 11) is 0. The zero-order valence-corrected chi connectivity index (χ0v) is 11.8. The van der Waals surface area contributed by atoms with E-state index in [1.165, 1.54) is 18.4 Å². The van der Waals surface area contributed by atoms with Crippen LogP contribution in [0.2, 0.25) is 0 Å². The first-order valence-corrected chi connectivity index (χ1v) is 6.76. The fourth-order valence-corrected chi connectivity index (χ4v) is 2.86. The smallest absolute Gasteiger partial charge is 0.131 e. The molecule has 0 aliphatic carbocycles. The lowest BCUT2D eigenvalue weighted by atomic mass is 9.95. The molecule has 3 heteroatoms. The van der Waals surface area contributed by atoms with E-state index in [1.54, 1.807) is 0 Å². The minimum absolute atomic E-state index is 0.614. The summed E-state index contributed by atoms with van der Waals surface area (Å²) in [5.41, 5.74) is 1.26. The van der Waals surface area contributed by atoms with Crippen LogP contribution in [-0.2, 0) is 0 Å². The molecule has 2 nitrogen and oxygen atoms in total. The Labute approximate surface area is 106 Å². The van der Waals surface area contributed by atoms with Crippen molar-refractivity contribution in [3.63, 3.8) is 0 Å². The number of pyridine rings is 1. The van der Waals surface area contributed by atoms with Crippen molar-refractivity contribution in [2.45, 2.75) is 39.7 Å². The number of hydrogen-bond donors (Lipinski definition) is 0. The Kier molecular flexibility index (Phi) is 3.53. The maximum absolute atomic E-state index is 4.57. The summed E-state index contributed by atoms with van der Waals surface area (Å²) in [5.74, 6) is 1.93. The largest absolute Gasteiger partial charge is 0.353 e. The summed E-state index contributed by atoms with van der Waals surface area (Å²) in [6, 6.07) is 2.76. The van der Waals surface area contributed by atoms with Gasteiger partial charge in [0.15, 0.2) is 0 Å². The van der Waals surface area contributed by atoms with Gasteiger partial charge in [0.2, 0.25) is 0 Å². The molecule has 2 atom stereocenters. The normalized spacial score (nSPS) is 25.9. The van der Waals surface area contributed by atoms with E-state index >= 15 is 0 Å². The summed E-state index contributed by atoms with van der Waals surface area (Å²) >= 11 is 3.47. The average molecular weight is 283 g/mol.